The van der Waals surface area contributed by atoms with Gasteiger partial charge in [-0.05, 0) is 78.2 Å². The van der Waals surface area contributed by atoms with Crippen molar-refractivity contribution in [2.45, 2.75) is 23.1 Å². The predicted octanol–water partition coefficient (Wildman–Crippen LogP) is 5.75. The maximum Gasteiger partial charge on any atom is 0.255 e. The molecule has 4 N–H and O–H groups in total. The highest BCUT2D eigenvalue weighted by atomic mass is 32.2. The van der Waals surface area contributed by atoms with Crippen molar-refractivity contribution in [2.24, 2.45) is 0 Å². The van der Waals surface area contributed by atoms with E-state index in [1.54, 1.807) is 42.5 Å². The summed E-state index contributed by atoms with van der Waals surface area (Å²) >= 11 is 0. The van der Waals surface area contributed by atoms with Gasteiger partial charge in [0.05, 0.1) is 21.2 Å². The number of hydrogen-bond acceptors (Lipinski definition) is 5. The molecule has 0 aliphatic carbocycles. The van der Waals surface area contributed by atoms with Crippen molar-refractivity contribution in [3.05, 3.63) is 102 Å². The van der Waals surface area contributed by atoms with Crippen LogP contribution in [-0.4, -0.2) is 15.1 Å². The molecular weight excluding hydrogens is 451 g/mol. The van der Waals surface area contributed by atoms with E-state index in [2.05, 4.69) is 10.3 Å². The van der Waals surface area contributed by atoms with Crippen molar-refractivity contribution in [3.8, 4) is 11.1 Å². The Morgan fingerprint density at radius 1 is 0.971 bits per heavy atom. The molecule has 1 aromatic heterocycles. The normalized spacial score (nSPS) is 12.6. The average molecular weight is 475 g/mol. The second-order valence-electron chi connectivity index (χ2n) is 7.68. The summed E-state index contributed by atoms with van der Waals surface area (Å²) in [4.78, 5) is 17.6. The molecule has 6 nitrogen and oxygen atoms in total. The summed E-state index contributed by atoms with van der Waals surface area (Å²) in [6.07, 6.45) is 2.21. The summed E-state index contributed by atoms with van der Waals surface area (Å²) < 4.78 is 34.7. The topological polar surface area (TPSA) is 109 Å². The molecule has 1 atom stereocenters. The van der Waals surface area contributed by atoms with E-state index in [1.165, 1.54) is 42.6 Å². The first-order valence-corrected chi connectivity index (χ1v) is 12.1. The Labute approximate surface area is 197 Å². The van der Waals surface area contributed by atoms with E-state index in [0.717, 1.165) is 23.2 Å². The minimum absolute atomic E-state index is 0.285. The quantitative estimate of drug-likeness (QED) is 0.309. The number of halogens is 1. The Balaban J connectivity index is 1.54. The number of benzene rings is 3. The largest absolute Gasteiger partial charge is 0.397 e. The van der Waals surface area contributed by atoms with Gasteiger partial charge in [-0.25, -0.2) is 13.4 Å². The fourth-order valence-corrected chi connectivity index (χ4v) is 4.66. The molecule has 34 heavy (non-hydrogen) atoms. The van der Waals surface area contributed by atoms with Crippen LogP contribution in [0, 0.1) is 10.6 Å². The first-order chi connectivity index (χ1) is 16.3. The third-order valence-corrected chi connectivity index (χ3v) is 7.26. The Kier molecular flexibility index (Phi) is 6.43. The summed E-state index contributed by atoms with van der Waals surface area (Å²) in [7, 11) is -3.25. The Morgan fingerprint density at radius 3 is 2.24 bits per heavy atom. The Bertz CT molecular complexity index is 1430. The van der Waals surface area contributed by atoms with Crippen LogP contribution in [0.15, 0.2) is 94.9 Å². The number of rotatable bonds is 6. The van der Waals surface area contributed by atoms with Crippen LogP contribution in [0.5, 0.6) is 0 Å². The Hall–Kier alpha value is -4.04. The van der Waals surface area contributed by atoms with Gasteiger partial charge in [-0.2, -0.15) is 0 Å². The zero-order chi connectivity index (χ0) is 24.3. The van der Waals surface area contributed by atoms with E-state index in [-0.39, 0.29) is 10.7 Å². The summed E-state index contributed by atoms with van der Waals surface area (Å²) in [5.74, 6) is -0.734. The number of amides is 1. The number of hydrogen-bond donors (Lipinski definition) is 3. The van der Waals surface area contributed by atoms with E-state index in [0.29, 0.717) is 21.8 Å². The van der Waals surface area contributed by atoms with Crippen LogP contribution in [-0.2, 0) is 16.1 Å². The molecule has 3 aromatic carbocycles. The lowest BCUT2D eigenvalue weighted by Gasteiger charge is -2.12. The second-order valence-corrected chi connectivity index (χ2v) is 9.74. The molecule has 4 aromatic rings. The van der Waals surface area contributed by atoms with Crippen LogP contribution in [0.25, 0.3) is 11.1 Å². The highest BCUT2D eigenvalue weighted by Crippen LogP contribution is 2.28. The number of aromatic nitrogens is 1. The fourth-order valence-electron chi connectivity index (χ4n) is 3.41. The van der Waals surface area contributed by atoms with Crippen LogP contribution in [0.1, 0.15) is 23.0 Å². The number of carbonyl (C=O) groups excluding carboxylic acids is 1. The molecule has 0 aliphatic rings. The number of anilines is 2. The number of nitrogens with zero attached hydrogens (tertiary/aromatic N) is 1. The Morgan fingerprint density at radius 2 is 1.62 bits per heavy atom. The molecule has 0 bridgehead atoms. The third kappa shape index (κ3) is 4.82. The van der Waals surface area contributed by atoms with Crippen LogP contribution in [0.4, 0.5) is 15.8 Å². The maximum absolute atomic E-state index is 13.2. The van der Waals surface area contributed by atoms with Crippen LogP contribution < -0.4 is 11.1 Å². The maximum atomic E-state index is 13.2. The molecular formula is C26H23FN4O2S. The van der Waals surface area contributed by atoms with Crippen LogP contribution >= 0.6 is 0 Å². The number of nitrogens with one attached hydrogen (secondary N) is 2. The van der Waals surface area contributed by atoms with Gasteiger partial charge in [0.15, 0.2) is 0 Å². The predicted molar refractivity (Wildman–Crippen MR) is 132 cm³/mol. The lowest BCUT2D eigenvalue weighted by molar-refractivity contribution is 0.102. The van der Waals surface area contributed by atoms with Gasteiger partial charge in [0.1, 0.15) is 15.5 Å². The molecule has 1 heterocycles. The third-order valence-electron chi connectivity index (χ3n) is 5.42. The molecule has 1 amide bonds. The standard InChI is InChI=1S/C26H23FN4O2S/c1-2-21-10-13-23(16-30-21)34(29,33)22-11-5-18(6-12-22)26(32)31-25-15-19(7-14-24(25)28)17-3-8-20(27)9-4-17/h3-16,29H,2,28H2,1H3,(H,31,32). The van der Waals surface area contributed by atoms with Gasteiger partial charge in [0.2, 0.25) is 0 Å². The monoisotopic (exact) mass is 474 g/mol. The first kappa shape index (κ1) is 23.1. The smallest absolute Gasteiger partial charge is 0.255 e. The summed E-state index contributed by atoms with van der Waals surface area (Å²) in [6.45, 7) is 1.97. The highest BCUT2D eigenvalue weighted by molar-refractivity contribution is 7.92. The number of aryl methyl sites for hydroxylation is 1. The lowest BCUT2D eigenvalue weighted by atomic mass is 10.0. The molecule has 8 heteroatoms. The lowest BCUT2D eigenvalue weighted by Crippen LogP contribution is -2.13. The van der Waals surface area contributed by atoms with Crippen molar-refractivity contribution in [1.82, 2.24) is 4.98 Å². The van der Waals surface area contributed by atoms with Crippen molar-refractivity contribution in [3.63, 3.8) is 0 Å². The van der Waals surface area contributed by atoms with E-state index >= 15 is 0 Å². The zero-order valence-electron chi connectivity index (χ0n) is 18.4. The van der Waals surface area contributed by atoms with Gasteiger partial charge in [0, 0.05) is 17.5 Å². The van der Waals surface area contributed by atoms with Gasteiger partial charge >= 0.3 is 0 Å². The van der Waals surface area contributed by atoms with E-state index in [4.69, 9.17) is 10.5 Å². The SMILES string of the molecule is CCc1ccc(S(=N)(=O)c2ccc(C(=O)Nc3cc(-c4ccc(F)cc4)ccc3N)cc2)cn1. The molecule has 0 aliphatic heterocycles. The molecule has 4 rings (SSSR count). The van der Waals surface area contributed by atoms with E-state index < -0.39 is 15.6 Å². The van der Waals surface area contributed by atoms with Crippen molar-refractivity contribution in [1.29, 1.82) is 4.78 Å². The van der Waals surface area contributed by atoms with Crippen molar-refractivity contribution >= 4 is 27.0 Å². The summed E-state index contributed by atoms with van der Waals surface area (Å²) in [5.41, 5.74) is 9.58. The molecule has 172 valence electrons. The molecule has 1 unspecified atom stereocenters. The summed E-state index contributed by atoms with van der Waals surface area (Å²) in [5, 5.41) is 2.78. The van der Waals surface area contributed by atoms with Crippen molar-refractivity contribution in [2.75, 3.05) is 11.1 Å². The fraction of sp³-hybridized carbons (Fsp3) is 0.0769. The summed E-state index contributed by atoms with van der Waals surface area (Å²) in [6, 6.07) is 20.7. The molecule has 0 saturated heterocycles. The molecule has 0 radical (unpaired) electrons. The second kappa shape index (κ2) is 9.44. The highest BCUT2D eigenvalue weighted by Gasteiger charge is 2.16. The van der Waals surface area contributed by atoms with Crippen LogP contribution in [0.3, 0.4) is 0 Å². The van der Waals surface area contributed by atoms with Crippen molar-refractivity contribution < 1.29 is 13.4 Å². The molecule has 0 fully saturated rings. The average Bonchev–Trinajstić information content (AvgIpc) is 2.86. The number of nitrogen functional groups attached to an aromatic ring is 1. The number of pyridine rings is 1. The minimum atomic E-state index is -3.25. The minimum Gasteiger partial charge on any atom is -0.397 e. The van der Waals surface area contributed by atoms with E-state index in [1.807, 2.05) is 6.92 Å². The van der Waals surface area contributed by atoms with Gasteiger partial charge < -0.3 is 11.1 Å². The van der Waals surface area contributed by atoms with Gasteiger partial charge in [-0.1, -0.05) is 25.1 Å². The van der Waals surface area contributed by atoms with Gasteiger partial charge in [-0.15, -0.1) is 0 Å². The first-order valence-electron chi connectivity index (χ1n) is 10.6. The number of carbonyl (C=O) groups is 1. The molecule has 0 saturated carbocycles. The van der Waals surface area contributed by atoms with E-state index in [9.17, 15) is 13.4 Å². The van der Waals surface area contributed by atoms with Crippen LogP contribution in [0.2, 0.25) is 0 Å². The number of nitrogens with two attached hydrogens (primary N) is 1. The van der Waals surface area contributed by atoms with Gasteiger partial charge in [-0.3, -0.25) is 9.78 Å². The van der Waals surface area contributed by atoms with Gasteiger partial charge in [0.25, 0.3) is 5.91 Å². The molecule has 0 spiro atoms. The zero-order valence-corrected chi connectivity index (χ0v) is 19.2.